The Morgan fingerprint density at radius 1 is 1.47 bits per heavy atom. The highest BCUT2D eigenvalue weighted by Crippen LogP contribution is 2.22. The van der Waals surface area contributed by atoms with Gasteiger partial charge in [0.2, 0.25) is 0 Å². The van der Waals surface area contributed by atoms with Crippen molar-refractivity contribution in [3.63, 3.8) is 0 Å². The molecule has 1 aromatic heterocycles. The Balaban J connectivity index is 2.12. The summed E-state index contributed by atoms with van der Waals surface area (Å²) >= 11 is 5.79. The average Bonchev–Trinajstić information content (AvgIpc) is 2.51. The smallest absolute Gasteiger partial charge is 0.131 e. The Morgan fingerprint density at radius 2 is 2.24 bits per heavy atom. The summed E-state index contributed by atoms with van der Waals surface area (Å²) < 4.78 is 9.78. The fourth-order valence-electron chi connectivity index (χ4n) is 1.55. The van der Waals surface area contributed by atoms with Crippen LogP contribution in [0.4, 0.5) is 0 Å². The minimum Gasteiger partial charge on any atom is -0.487 e. The molecule has 1 heterocycles. The summed E-state index contributed by atoms with van der Waals surface area (Å²) in [5, 5.41) is 4.33. The molecule has 0 aliphatic carbocycles. The SMILES string of the molecule is Cc1nn(C)c(COc2cccc(I)c2)c1Br. The molecule has 0 radical (unpaired) electrons. The lowest BCUT2D eigenvalue weighted by molar-refractivity contribution is 0.294. The van der Waals surface area contributed by atoms with Crippen molar-refractivity contribution >= 4 is 38.5 Å². The molecule has 0 spiro atoms. The Morgan fingerprint density at radius 3 is 2.82 bits per heavy atom. The van der Waals surface area contributed by atoms with E-state index in [1.807, 2.05) is 42.9 Å². The zero-order valence-electron chi connectivity index (χ0n) is 9.58. The second-order valence-electron chi connectivity index (χ2n) is 3.72. The van der Waals surface area contributed by atoms with E-state index >= 15 is 0 Å². The van der Waals surface area contributed by atoms with Crippen LogP contribution in [-0.2, 0) is 13.7 Å². The fraction of sp³-hybridized carbons (Fsp3) is 0.250. The summed E-state index contributed by atoms with van der Waals surface area (Å²) in [5.41, 5.74) is 2.02. The van der Waals surface area contributed by atoms with Crippen molar-refractivity contribution in [3.8, 4) is 5.75 Å². The van der Waals surface area contributed by atoms with Crippen LogP contribution in [0.25, 0.3) is 0 Å². The number of benzene rings is 1. The summed E-state index contributed by atoms with van der Waals surface area (Å²) in [6.07, 6.45) is 0. The van der Waals surface area contributed by atoms with E-state index in [9.17, 15) is 0 Å². The van der Waals surface area contributed by atoms with Gasteiger partial charge < -0.3 is 4.74 Å². The molecule has 1 aromatic carbocycles. The topological polar surface area (TPSA) is 27.1 Å². The molecular formula is C12H12BrIN2O. The molecule has 3 nitrogen and oxygen atoms in total. The van der Waals surface area contributed by atoms with Gasteiger partial charge in [-0.3, -0.25) is 4.68 Å². The third kappa shape index (κ3) is 3.01. The predicted octanol–water partition coefficient (Wildman–Crippen LogP) is 3.67. The molecule has 0 aliphatic rings. The lowest BCUT2D eigenvalue weighted by Gasteiger charge is -2.07. The minimum absolute atomic E-state index is 0.512. The largest absolute Gasteiger partial charge is 0.487 e. The van der Waals surface area contributed by atoms with Gasteiger partial charge >= 0.3 is 0 Å². The van der Waals surface area contributed by atoms with Gasteiger partial charge in [0.15, 0.2) is 0 Å². The summed E-state index contributed by atoms with van der Waals surface area (Å²) in [6.45, 7) is 2.48. The molecule has 0 N–H and O–H groups in total. The second-order valence-corrected chi connectivity index (χ2v) is 5.75. The van der Waals surface area contributed by atoms with E-state index in [1.165, 1.54) is 3.57 Å². The maximum Gasteiger partial charge on any atom is 0.131 e. The zero-order valence-corrected chi connectivity index (χ0v) is 13.3. The lowest BCUT2D eigenvalue weighted by atomic mass is 10.3. The van der Waals surface area contributed by atoms with Gasteiger partial charge in [-0.05, 0) is 63.6 Å². The number of ether oxygens (including phenoxy) is 1. The Hall–Kier alpha value is -0.560. The van der Waals surface area contributed by atoms with Gasteiger partial charge in [0.05, 0.1) is 15.9 Å². The summed E-state index contributed by atoms with van der Waals surface area (Å²) in [7, 11) is 1.92. The number of hydrogen-bond donors (Lipinski definition) is 0. The zero-order chi connectivity index (χ0) is 12.4. The summed E-state index contributed by atoms with van der Waals surface area (Å²) in [4.78, 5) is 0. The van der Waals surface area contributed by atoms with E-state index in [0.29, 0.717) is 6.61 Å². The van der Waals surface area contributed by atoms with Crippen molar-refractivity contribution in [2.45, 2.75) is 13.5 Å². The van der Waals surface area contributed by atoms with Gasteiger partial charge in [-0.25, -0.2) is 0 Å². The maximum atomic E-state index is 5.75. The number of rotatable bonds is 3. The van der Waals surface area contributed by atoms with Crippen molar-refractivity contribution in [1.82, 2.24) is 9.78 Å². The van der Waals surface area contributed by atoms with Crippen LogP contribution in [0.5, 0.6) is 5.75 Å². The Kier molecular flexibility index (Phi) is 4.09. The average molecular weight is 407 g/mol. The maximum absolute atomic E-state index is 5.75. The van der Waals surface area contributed by atoms with Crippen molar-refractivity contribution in [2.75, 3.05) is 0 Å². The number of hydrogen-bond acceptors (Lipinski definition) is 2. The van der Waals surface area contributed by atoms with E-state index in [4.69, 9.17) is 4.74 Å². The van der Waals surface area contributed by atoms with Crippen LogP contribution in [0.2, 0.25) is 0 Å². The van der Waals surface area contributed by atoms with E-state index in [1.54, 1.807) is 0 Å². The van der Waals surface area contributed by atoms with Crippen LogP contribution in [0.3, 0.4) is 0 Å². The lowest BCUT2D eigenvalue weighted by Crippen LogP contribution is -2.03. The molecule has 2 rings (SSSR count). The first kappa shape index (κ1) is 12.9. The van der Waals surface area contributed by atoms with Crippen LogP contribution in [0.1, 0.15) is 11.4 Å². The van der Waals surface area contributed by atoms with E-state index < -0.39 is 0 Å². The highest BCUT2D eigenvalue weighted by Gasteiger charge is 2.10. The van der Waals surface area contributed by atoms with Crippen molar-refractivity contribution < 1.29 is 4.74 Å². The quantitative estimate of drug-likeness (QED) is 0.727. The molecule has 0 atom stereocenters. The van der Waals surface area contributed by atoms with E-state index in [0.717, 1.165) is 21.6 Å². The predicted molar refractivity (Wildman–Crippen MR) is 79.1 cm³/mol. The van der Waals surface area contributed by atoms with Crippen molar-refractivity contribution in [2.24, 2.45) is 7.05 Å². The van der Waals surface area contributed by atoms with Crippen LogP contribution in [0, 0.1) is 10.5 Å². The van der Waals surface area contributed by atoms with Crippen LogP contribution in [0.15, 0.2) is 28.7 Å². The van der Waals surface area contributed by atoms with Crippen LogP contribution >= 0.6 is 38.5 Å². The Bertz CT molecular complexity index is 539. The Labute approximate surface area is 122 Å². The molecule has 0 fully saturated rings. The monoisotopic (exact) mass is 406 g/mol. The number of aromatic nitrogens is 2. The standard InChI is InChI=1S/C12H12BrIN2O/c1-8-12(13)11(16(2)15-8)7-17-10-5-3-4-9(14)6-10/h3-6H,7H2,1-2H3. The molecule has 5 heteroatoms. The fourth-order valence-corrected chi connectivity index (χ4v) is 2.51. The number of aryl methyl sites for hydroxylation is 2. The second kappa shape index (κ2) is 5.39. The third-order valence-corrected chi connectivity index (χ3v) is 4.14. The van der Waals surface area contributed by atoms with Gasteiger partial charge in [-0.15, -0.1) is 0 Å². The summed E-state index contributed by atoms with van der Waals surface area (Å²) in [5.74, 6) is 0.877. The minimum atomic E-state index is 0.512. The molecule has 0 aliphatic heterocycles. The number of nitrogens with zero attached hydrogens (tertiary/aromatic N) is 2. The number of halogens is 2. The molecule has 17 heavy (non-hydrogen) atoms. The van der Waals surface area contributed by atoms with Gasteiger partial charge in [0.25, 0.3) is 0 Å². The normalized spacial score (nSPS) is 10.6. The summed E-state index contributed by atoms with van der Waals surface area (Å²) in [6, 6.07) is 8.00. The first-order valence-corrected chi connectivity index (χ1v) is 7.01. The highest BCUT2D eigenvalue weighted by atomic mass is 127. The molecule has 0 bridgehead atoms. The van der Waals surface area contributed by atoms with Gasteiger partial charge in [0, 0.05) is 10.6 Å². The van der Waals surface area contributed by atoms with E-state index in [2.05, 4.69) is 43.6 Å². The molecule has 0 unspecified atom stereocenters. The molecule has 0 saturated heterocycles. The third-order valence-electron chi connectivity index (χ3n) is 2.43. The van der Waals surface area contributed by atoms with Gasteiger partial charge in [-0.2, -0.15) is 5.10 Å². The van der Waals surface area contributed by atoms with Crippen molar-refractivity contribution in [3.05, 3.63) is 43.7 Å². The molecule has 90 valence electrons. The first-order valence-electron chi connectivity index (χ1n) is 5.14. The molecule has 0 saturated carbocycles. The van der Waals surface area contributed by atoms with E-state index in [-0.39, 0.29) is 0 Å². The van der Waals surface area contributed by atoms with Crippen LogP contribution < -0.4 is 4.74 Å². The van der Waals surface area contributed by atoms with Gasteiger partial charge in [-0.1, -0.05) is 6.07 Å². The first-order chi connectivity index (χ1) is 8.08. The van der Waals surface area contributed by atoms with Crippen molar-refractivity contribution in [1.29, 1.82) is 0 Å². The van der Waals surface area contributed by atoms with Gasteiger partial charge in [0.1, 0.15) is 12.4 Å². The van der Waals surface area contributed by atoms with Crippen LogP contribution in [-0.4, -0.2) is 9.78 Å². The molecule has 0 amide bonds. The molecule has 2 aromatic rings. The molecular weight excluding hydrogens is 395 g/mol. The highest BCUT2D eigenvalue weighted by molar-refractivity contribution is 14.1.